The molecule has 0 aromatic heterocycles. The van der Waals surface area contributed by atoms with Crippen LogP contribution >= 0.6 is 0 Å². The summed E-state index contributed by atoms with van der Waals surface area (Å²) < 4.78 is 11.4. The molecule has 1 saturated heterocycles. The average Bonchev–Trinajstić information content (AvgIpc) is 2.57. The number of hydrogen-bond acceptors (Lipinski definition) is 4. The fourth-order valence-corrected chi connectivity index (χ4v) is 2.97. The Morgan fingerprint density at radius 3 is 2.52 bits per heavy atom. The van der Waals surface area contributed by atoms with Gasteiger partial charge in [-0.25, -0.2) is 0 Å². The molecular formula is C19H32N2O2. The lowest BCUT2D eigenvalue weighted by Crippen LogP contribution is -2.44. The zero-order valence-electron chi connectivity index (χ0n) is 15.0. The summed E-state index contributed by atoms with van der Waals surface area (Å²) in [5.74, 6) is 1.72. The first-order valence-corrected chi connectivity index (χ1v) is 8.93. The van der Waals surface area contributed by atoms with Crippen molar-refractivity contribution in [3.63, 3.8) is 0 Å². The number of piperazine rings is 1. The van der Waals surface area contributed by atoms with Crippen molar-refractivity contribution in [3.05, 3.63) is 23.8 Å². The molecule has 0 radical (unpaired) electrons. The van der Waals surface area contributed by atoms with E-state index in [9.17, 15) is 0 Å². The maximum atomic E-state index is 5.92. The third kappa shape index (κ3) is 6.04. The Labute approximate surface area is 141 Å². The van der Waals surface area contributed by atoms with E-state index >= 15 is 0 Å². The van der Waals surface area contributed by atoms with Gasteiger partial charge in [-0.15, -0.1) is 0 Å². The highest BCUT2D eigenvalue weighted by Crippen LogP contribution is 2.28. The third-order valence-corrected chi connectivity index (χ3v) is 4.49. The summed E-state index contributed by atoms with van der Waals surface area (Å²) >= 11 is 0. The van der Waals surface area contributed by atoms with Gasteiger partial charge in [-0.1, -0.05) is 19.4 Å². The molecule has 1 aromatic carbocycles. The van der Waals surface area contributed by atoms with Gasteiger partial charge in [0, 0.05) is 26.2 Å². The van der Waals surface area contributed by atoms with Crippen molar-refractivity contribution in [3.8, 4) is 11.5 Å². The standard InChI is InChI=1S/C19H32N2O2/c1-4-7-17-8-9-18(19(16-17)22-3)23-15-6-5-10-21-13-11-20(2)12-14-21/h8-9,16H,4-7,10-15H2,1-3H3. The van der Waals surface area contributed by atoms with Crippen LogP contribution in [0.3, 0.4) is 0 Å². The first-order valence-electron chi connectivity index (χ1n) is 8.93. The summed E-state index contributed by atoms with van der Waals surface area (Å²) in [6.07, 6.45) is 4.52. The zero-order valence-corrected chi connectivity index (χ0v) is 15.0. The molecule has 0 amide bonds. The van der Waals surface area contributed by atoms with Crippen LogP contribution in [0.1, 0.15) is 31.7 Å². The van der Waals surface area contributed by atoms with Gasteiger partial charge in [-0.05, 0) is 50.6 Å². The van der Waals surface area contributed by atoms with Crippen LogP contribution in [-0.2, 0) is 6.42 Å². The van der Waals surface area contributed by atoms with Crippen LogP contribution in [0.15, 0.2) is 18.2 Å². The Balaban J connectivity index is 1.67. The summed E-state index contributed by atoms with van der Waals surface area (Å²) in [6, 6.07) is 6.29. The zero-order chi connectivity index (χ0) is 16.5. The summed E-state index contributed by atoms with van der Waals surface area (Å²) in [4.78, 5) is 4.95. The lowest BCUT2D eigenvalue weighted by atomic mass is 10.1. The summed E-state index contributed by atoms with van der Waals surface area (Å²) in [7, 11) is 3.91. The highest BCUT2D eigenvalue weighted by atomic mass is 16.5. The van der Waals surface area contributed by atoms with Crippen molar-refractivity contribution >= 4 is 0 Å². The second-order valence-corrected chi connectivity index (χ2v) is 6.44. The average molecular weight is 320 g/mol. The van der Waals surface area contributed by atoms with Gasteiger partial charge < -0.3 is 19.3 Å². The molecule has 1 aromatic rings. The Morgan fingerprint density at radius 1 is 1.04 bits per heavy atom. The van der Waals surface area contributed by atoms with Crippen LogP contribution in [0.5, 0.6) is 11.5 Å². The maximum Gasteiger partial charge on any atom is 0.161 e. The molecule has 0 aliphatic carbocycles. The van der Waals surface area contributed by atoms with Crippen molar-refractivity contribution in [2.45, 2.75) is 32.6 Å². The van der Waals surface area contributed by atoms with Gasteiger partial charge in [0.25, 0.3) is 0 Å². The van der Waals surface area contributed by atoms with E-state index < -0.39 is 0 Å². The monoisotopic (exact) mass is 320 g/mol. The fourth-order valence-electron chi connectivity index (χ4n) is 2.97. The molecule has 1 aliphatic heterocycles. The number of ether oxygens (including phenoxy) is 2. The molecule has 130 valence electrons. The number of rotatable bonds is 9. The van der Waals surface area contributed by atoms with Crippen LogP contribution < -0.4 is 9.47 Å². The molecule has 23 heavy (non-hydrogen) atoms. The Bertz CT molecular complexity index is 457. The summed E-state index contributed by atoms with van der Waals surface area (Å²) in [5, 5.41) is 0. The van der Waals surface area contributed by atoms with E-state index in [0.717, 1.165) is 37.4 Å². The van der Waals surface area contributed by atoms with Crippen LogP contribution in [0.2, 0.25) is 0 Å². The van der Waals surface area contributed by atoms with Crippen molar-refractivity contribution in [2.75, 3.05) is 53.5 Å². The first-order chi connectivity index (χ1) is 11.2. The predicted molar refractivity (Wildman–Crippen MR) is 95.7 cm³/mol. The minimum atomic E-state index is 0.761. The lowest BCUT2D eigenvalue weighted by Gasteiger charge is -2.32. The van der Waals surface area contributed by atoms with Crippen molar-refractivity contribution in [2.24, 2.45) is 0 Å². The number of hydrogen-bond donors (Lipinski definition) is 0. The van der Waals surface area contributed by atoms with Crippen LogP contribution in [0, 0.1) is 0 Å². The van der Waals surface area contributed by atoms with E-state index in [0.29, 0.717) is 0 Å². The fraction of sp³-hybridized carbons (Fsp3) is 0.684. The third-order valence-electron chi connectivity index (χ3n) is 4.49. The maximum absolute atomic E-state index is 5.92. The van der Waals surface area contributed by atoms with Gasteiger partial charge in [-0.3, -0.25) is 0 Å². The molecule has 0 atom stereocenters. The van der Waals surface area contributed by atoms with Gasteiger partial charge >= 0.3 is 0 Å². The van der Waals surface area contributed by atoms with Crippen LogP contribution in [-0.4, -0.2) is 63.3 Å². The lowest BCUT2D eigenvalue weighted by molar-refractivity contribution is 0.149. The molecule has 0 spiro atoms. The SMILES string of the molecule is CCCc1ccc(OCCCCN2CCN(C)CC2)c(OC)c1. The molecule has 0 N–H and O–H groups in total. The molecule has 0 bridgehead atoms. The molecule has 1 aliphatic rings. The number of nitrogens with zero attached hydrogens (tertiary/aromatic N) is 2. The van der Waals surface area contributed by atoms with E-state index in [1.165, 1.54) is 44.7 Å². The summed E-state index contributed by atoms with van der Waals surface area (Å²) in [6.45, 7) is 8.92. The second-order valence-electron chi connectivity index (χ2n) is 6.44. The Morgan fingerprint density at radius 2 is 1.83 bits per heavy atom. The van der Waals surface area contributed by atoms with E-state index in [2.05, 4.69) is 35.9 Å². The molecule has 1 fully saturated rings. The molecular weight excluding hydrogens is 288 g/mol. The van der Waals surface area contributed by atoms with Crippen LogP contribution in [0.25, 0.3) is 0 Å². The van der Waals surface area contributed by atoms with E-state index in [4.69, 9.17) is 9.47 Å². The minimum Gasteiger partial charge on any atom is -0.493 e. The van der Waals surface area contributed by atoms with Crippen molar-refractivity contribution < 1.29 is 9.47 Å². The largest absolute Gasteiger partial charge is 0.493 e. The molecule has 1 heterocycles. The van der Waals surface area contributed by atoms with Gasteiger partial charge in [0.1, 0.15) is 0 Å². The van der Waals surface area contributed by atoms with Gasteiger partial charge in [0.15, 0.2) is 11.5 Å². The van der Waals surface area contributed by atoms with Crippen LogP contribution in [0.4, 0.5) is 0 Å². The number of benzene rings is 1. The molecule has 0 saturated carbocycles. The number of aryl methyl sites for hydroxylation is 1. The Hall–Kier alpha value is -1.26. The quantitative estimate of drug-likeness (QED) is 0.653. The normalized spacial score (nSPS) is 16.5. The topological polar surface area (TPSA) is 24.9 Å². The van der Waals surface area contributed by atoms with E-state index in [-0.39, 0.29) is 0 Å². The van der Waals surface area contributed by atoms with E-state index in [1.807, 2.05) is 6.07 Å². The first kappa shape index (κ1) is 18.1. The van der Waals surface area contributed by atoms with Crippen molar-refractivity contribution in [1.82, 2.24) is 9.80 Å². The highest BCUT2D eigenvalue weighted by Gasteiger charge is 2.12. The van der Waals surface area contributed by atoms with Gasteiger partial charge in [-0.2, -0.15) is 0 Å². The predicted octanol–water partition coefficient (Wildman–Crippen LogP) is 3.05. The van der Waals surface area contributed by atoms with Crippen molar-refractivity contribution in [1.29, 1.82) is 0 Å². The molecule has 4 nitrogen and oxygen atoms in total. The number of methoxy groups -OCH3 is 1. The summed E-state index contributed by atoms with van der Waals surface area (Å²) in [5.41, 5.74) is 1.31. The molecule has 2 rings (SSSR count). The van der Waals surface area contributed by atoms with E-state index in [1.54, 1.807) is 7.11 Å². The molecule has 0 unspecified atom stereocenters. The smallest absolute Gasteiger partial charge is 0.161 e. The Kier molecular flexibility index (Phi) is 7.69. The van der Waals surface area contributed by atoms with Gasteiger partial charge in [0.2, 0.25) is 0 Å². The molecule has 4 heteroatoms. The van der Waals surface area contributed by atoms with Gasteiger partial charge in [0.05, 0.1) is 13.7 Å². The highest BCUT2D eigenvalue weighted by molar-refractivity contribution is 5.43. The number of unbranched alkanes of at least 4 members (excludes halogenated alkanes) is 1. The number of likely N-dealkylation sites (N-methyl/N-ethyl adjacent to an activating group) is 1. The second kappa shape index (κ2) is 9.78. The minimum absolute atomic E-state index is 0.761.